The first kappa shape index (κ1) is 49.5. The maximum Gasteiger partial charge on any atom is 0.407 e. The normalized spacial score (nSPS) is 14.3. The first-order valence-electron chi connectivity index (χ1n) is 24.5. The molecule has 73 heavy (non-hydrogen) atoms. The summed E-state index contributed by atoms with van der Waals surface area (Å²) in [6.45, 7) is -0.139. The van der Waals surface area contributed by atoms with Crippen LogP contribution in [-0.4, -0.2) is 89.5 Å². The molecule has 15 nitrogen and oxygen atoms in total. The van der Waals surface area contributed by atoms with Gasteiger partial charge in [0.15, 0.2) is 0 Å². The van der Waals surface area contributed by atoms with E-state index in [1.165, 1.54) is 0 Å². The summed E-state index contributed by atoms with van der Waals surface area (Å²) < 4.78 is 16.9. The molecule has 3 aliphatic rings. The Morgan fingerprint density at radius 2 is 0.548 bits per heavy atom. The van der Waals surface area contributed by atoms with Crippen LogP contribution in [0.5, 0.6) is 0 Å². The summed E-state index contributed by atoms with van der Waals surface area (Å²) in [6.07, 6.45) is -3.01. The number of fused-ring (bicyclic) bond motifs is 9. The SMILES string of the molecule is O=C(N[C@@H](CCC(CC[C@H](NC(=O)OCC1c2ccccc2-c2ccccc21)C(=O)O)CC[C@H](NC(=O)OCC1c2ccccc2-c2ccccc21)C(=O)O)C(=O)O)OCC1c2ccccc2-c2ccccc21. The van der Waals surface area contributed by atoms with Crippen molar-refractivity contribution in [2.75, 3.05) is 19.8 Å². The van der Waals surface area contributed by atoms with Gasteiger partial charge in [-0.2, -0.15) is 0 Å². The van der Waals surface area contributed by atoms with E-state index in [0.717, 1.165) is 66.8 Å². The molecular formula is C58H55N3O12. The number of carbonyl (C=O) groups excluding carboxylic acids is 3. The van der Waals surface area contributed by atoms with Gasteiger partial charge in [0.1, 0.15) is 37.9 Å². The van der Waals surface area contributed by atoms with Crippen molar-refractivity contribution in [1.82, 2.24) is 16.0 Å². The lowest BCUT2D eigenvalue weighted by atomic mass is 9.88. The second kappa shape index (κ2) is 22.3. The molecule has 15 heteroatoms. The summed E-state index contributed by atoms with van der Waals surface area (Å²) in [5.74, 6) is -5.37. The summed E-state index contributed by atoms with van der Waals surface area (Å²) in [5.41, 5.74) is 12.0. The van der Waals surface area contributed by atoms with E-state index in [-0.39, 0.29) is 76.1 Å². The molecule has 0 fully saturated rings. The highest BCUT2D eigenvalue weighted by atomic mass is 16.6. The molecule has 0 spiro atoms. The largest absolute Gasteiger partial charge is 0.480 e. The van der Waals surface area contributed by atoms with Crippen molar-refractivity contribution in [1.29, 1.82) is 0 Å². The smallest absolute Gasteiger partial charge is 0.407 e. The van der Waals surface area contributed by atoms with E-state index < -0.39 is 60.2 Å². The number of hydrogen-bond acceptors (Lipinski definition) is 9. The maximum absolute atomic E-state index is 13.3. The molecule has 0 saturated heterocycles. The van der Waals surface area contributed by atoms with Crippen LogP contribution in [0.25, 0.3) is 33.4 Å². The van der Waals surface area contributed by atoms with Crippen LogP contribution in [0.4, 0.5) is 14.4 Å². The van der Waals surface area contributed by atoms with Gasteiger partial charge in [0.2, 0.25) is 0 Å². The number of hydrogen-bond donors (Lipinski definition) is 6. The van der Waals surface area contributed by atoms with Crippen LogP contribution >= 0.6 is 0 Å². The Bertz CT molecular complexity index is 2590. The molecule has 0 aliphatic heterocycles. The number of alkyl carbamates (subject to hydrolysis) is 3. The standard InChI is InChI=1S/C58H55N3O12/c62-53(63)50(59-56(68)71-31-47-41-19-7-1-13-35(41)36-14-2-8-20-42(36)47)28-25-34(26-29-51(54(64)65)60-57(69)72-32-48-43-21-9-3-15-37(43)38-16-4-10-22-44(38)48)27-30-52(55(66)67)61-58(70)73-33-49-45-23-11-5-17-39(45)40-18-6-12-24-46(40)49/h1-24,34,47-52H,25-33H2,(H,59,68)(H,60,69)(H,61,70)(H,62,63)(H,64,65)(H,66,67)/t50-,51-,52-/m0/s1. The average molecular weight is 986 g/mol. The number of amides is 3. The van der Waals surface area contributed by atoms with Crippen LogP contribution < -0.4 is 16.0 Å². The lowest BCUT2D eigenvalue weighted by molar-refractivity contribution is -0.140. The quantitative estimate of drug-likeness (QED) is 0.0371. The number of carbonyl (C=O) groups is 6. The van der Waals surface area contributed by atoms with Crippen LogP contribution in [0.2, 0.25) is 0 Å². The minimum absolute atomic E-state index is 0.0463. The van der Waals surface area contributed by atoms with Crippen molar-refractivity contribution in [3.63, 3.8) is 0 Å². The van der Waals surface area contributed by atoms with Gasteiger partial charge in [-0.05, 0) is 111 Å². The molecule has 0 radical (unpaired) electrons. The van der Waals surface area contributed by atoms with Crippen LogP contribution in [0.1, 0.15) is 89.7 Å². The van der Waals surface area contributed by atoms with Gasteiger partial charge in [0, 0.05) is 17.8 Å². The van der Waals surface area contributed by atoms with Gasteiger partial charge < -0.3 is 45.5 Å². The number of ether oxygens (including phenoxy) is 3. The van der Waals surface area contributed by atoms with Crippen molar-refractivity contribution in [3.05, 3.63) is 179 Å². The summed E-state index contributed by atoms with van der Waals surface area (Å²) in [7, 11) is 0. The van der Waals surface area contributed by atoms with E-state index >= 15 is 0 Å². The van der Waals surface area contributed by atoms with E-state index in [1.54, 1.807) is 0 Å². The van der Waals surface area contributed by atoms with Crippen LogP contribution in [0, 0.1) is 5.92 Å². The fourth-order valence-electron chi connectivity index (χ4n) is 10.8. The van der Waals surface area contributed by atoms with Crippen LogP contribution in [0.15, 0.2) is 146 Å². The molecule has 3 aliphatic carbocycles. The molecule has 3 amide bonds. The highest BCUT2D eigenvalue weighted by Gasteiger charge is 2.34. The maximum atomic E-state index is 13.3. The second-order valence-corrected chi connectivity index (χ2v) is 18.7. The van der Waals surface area contributed by atoms with E-state index in [1.807, 2.05) is 146 Å². The van der Waals surface area contributed by atoms with Gasteiger partial charge in [0.05, 0.1) is 0 Å². The Kier molecular flexibility index (Phi) is 15.1. The Morgan fingerprint density at radius 1 is 0.342 bits per heavy atom. The van der Waals surface area contributed by atoms with Gasteiger partial charge in [0.25, 0.3) is 0 Å². The molecule has 0 bridgehead atoms. The molecule has 6 N–H and O–H groups in total. The molecule has 0 saturated carbocycles. The van der Waals surface area contributed by atoms with E-state index in [9.17, 15) is 44.1 Å². The highest BCUT2D eigenvalue weighted by molar-refractivity contribution is 5.84. The number of rotatable bonds is 21. The number of carboxylic acid groups (broad SMARTS) is 3. The second-order valence-electron chi connectivity index (χ2n) is 18.7. The fraction of sp³-hybridized carbons (Fsp3) is 0.276. The number of nitrogens with one attached hydrogen (secondary N) is 3. The zero-order valence-corrected chi connectivity index (χ0v) is 39.8. The Morgan fingerprint density at radius 3 is 0.753 bits per heavy atom. The van der Waals surface area contributed by atoms with Gasteiger partial charge in [-0.1, -0.05) is 146 Å². The summed E-state index contributed by atoms with van der Waals surface area (Å²) >= 11 is 0. The fourth-order valence-corrected chi connectivity index (χ4v) is 10.8. The van der Waals surface area contributed by atoms with Crippen molar-refractivity contribution < 1.29 is 58.3 Å². The van der Waals surface area contributed by atoms with Crippen molar-refractivity contribution in [2.45, 2.75) is 74.4 Å². The molecule has 6 aromatic carbocycles. The minimum atomic E-state index is -1.43. The van der Waals surface area contributed by atoms with Crippen LogP contribution in [-0.2, 0) is 28.6 Å². The molecular weight excluding hydrogens is 931 g/mol. The lowest BCUT2D eigenvalue weighted by Crippen LogP contribution is -2.43. The summed E-state index contributed by atoms with van der Waals surface area (Å²) in [4.78, 5) is 77.6. The van der Waals surface area contributed by atoms with Gasteiger partial charge in [-0.15, -0.1) is 0 Å². The number of aliphatic carboxylic acids is 3. The number of benzene rings is 6. The van der Waals surface area contributed by atoms with E-state index in [2.05, 4.69) is 16.0 Å². The highest BCUT2D eigenvalue weighted by Crippen LogP contribution is 2.47. The van der Waals surface area contributed by atoms with Crippen LogP contribution in [0.3, 0.4) is 0 Å². The number of carboxylic acids is 3. The molecule has 3 atom stereocenters. The van der Waals surface area contributed by atoms with Gasteiger partial charge in [-0.25, -0.2) is 28.8 Å². The van der Waals surface area contributed by atoms with E-state index in [4.69, 9.17) is 14.2 Å². The zero-order valence-electron chi connectivity index (χ0n) is 39.8. The van der Waals surface area contributed by atoms with E-state index in [0.29, 0.717) is 0 Å². The van der Waals surface area contributed by atoms with Gasteiger partial charge in [-0.3, -0.25) is 0 Å². The topological polar surface area (TPSA) is 227 Å². The average Bonchev–Trinajstić information content (AvgIpc) is 4.02. The molecule has 0 heterocycles. The monoisotopic (exact) mass is 985 g/mol. The molecule has 0 unspecified atom stereocenters. The third-order valence-corrected chi connectivity index (χ3v) is 14.4. The molecule has 0 aromatic heterocycles. The molecule has 374 valence electrons. The van der Waals surface area contributed by atoms with Crippen molar-refractivity contribution in [2.24, 2.45) is 5.92 Å². The first-order chi connectivity index (χ1) is 35.4. The molecule has 6 aromatic rings. The predicted octanol–water partition coefficient (Wildman–Crippen LogP) is 9.92. The predicted molar refractivity (Wildman–Crippen MR) is 270 cm³/mol. The molecule has 9 rings (SSSR count). The lowest BCUT2D eigenvalue weighted by Gasteiger charge is -2.24. The van der Waals surface area contributed by atoms with Gasteiger partial charge >= 0.3 is 36.2 Å². The van der Waals surface area contributed by atoms with Crippen molar-refractivity contribution >= 4 is 36.2 Å². The van der Waals surface area contributed by atoms with Crippen molar-refractivity contribution in [3.8, 4) is 33.4 Å². The summed E-state index contributed by atoms with van der Waals surface area (Å²) in [5, 5.41) is 38.2. The Labute approximate surface area is 421 Å². The minimum Gasteiger partial charge on any atom is -0.480 e. The Balaban J connectivity index is 0.840. The third-order valence-electron chi connectivity index (χ3n) is 14.4. The summed E-state index contributed by atoms with van der Waals surface area (Å²) in [6, 6.07) is 42.5. The Hall–Kier alpha value is -8.46. The first-order valence-corrected chi connectivity index (χ1v) is 24.5. The third kappa shape index (κ3) is 11.1. The zero-order chi connectivity index (χ0) is 51.0.